The van der Waals surface area contributed by atoms with Gasteiger partial charge in [-0.15, -0.1) is 11.3 Å². The molecule has 1 aromatic heterocycles. The summed E-state index contributed by atoms with van der Waals surface area (Å²) >= 11 is 7.81. The van der Waals surface area contributed by atoms with Gasteiger partial charge in [-0.1, -0.05) is 78.3 Å². The summed E-state index contributed by atoms with van der Waals surface area (Å²) in [5, 5.41) is 4.30. The van der Waals surface area contributed by atoms with Crippen LogP contribution in [0.4, 0.5) is 0 Å². The van der Waals surface area contributed by atoms with E-state index in [1.165, 1.54) is 11.3 Å². The molecule has 1 atom stereocenters. The second kappa shape index (κ2) is 8.17. The molecule has 3 aromatic carbocycles. The Morgan fingerprint density at radius 1 is 0.968 bits per heavy atom. The van der Waals surface area contributed by atoms with Crippen LogP contribution in [0, 0.1) is 0 Å². The molecule has 6 heteroatoms. The van der Waals surface area contributed by atoms with Crippen LogP contribution in [0.25, 0.3) is 10.1 Å². The van der Waals surface area contributed by atoms with E-state index in [9.17, 15) is 9.59 Å². The smallest absolute Gasteiger partial charge is 0.262 e. The van der Waals surface area contributed by atoms with Gasteiger partial charge in [0, 0.05) is 28.7 Å². The minimum Gasteiger partial charge on any atom is -0.350 e. The van der Waals surface area contributed by atoms with E-state index in [2.05, 4.69) is 5.32 Å². The Balaban J connectivity index is 1.35. The maximum Gasteiger partial charge on any atom is 0.262 e. The number of nitrogens with one attached hydrogen (secondary N) is 1. The zero-order valence-corrected chi connectivity index (χ0v) is 18.1. The van der Waals surface area contributed by atoms with Crippen LogP contribution in [0.2, 0.25) is 5.02 Å². The second-order valence-corrected chi connectivity index (χ2v) is 8.83. The highest BCUT2D eigenvalue weighted by Crippen LogP contribution is 2.38. The molecular weight excluding hydrogens is 428 g/mol. The SMILES string of the molecule is O=C(NCCN1C(=O)c2ccccc2C1c1ccccc1)c1sc2ccccc2c1Cl. The summed E-state index contributed by atoms with van der Waals surface area (Å²) in [5.74, 6) is -0.231. The van der Waals surface area contributed by atoms with Gasteiger partial charge in [-0.25, -0.2) is 0 Å². The normalized spacial score (nSPS) is 15.3. The molecule has 1 aliphatic heterocycles. The minimum atomic E-state index is -0.216. The molecule has 0 radical (unpaired) electrons. The van der Waals surface area contributed by atoms with E-state index < -0.39 is 0 Å². The van der Waals surface area contributed by atoms with Gasteiger partial charge in [0.05, 0.1) is 11.1 Å². The number of rotatable bonds is 5. The van der Waals surface area contributed by atoms with Gasteiger partial charge in [0.25, 0.3) is 11.8 Å². The number of thiophene rings is 1. The molecule has 1 N–H and O–H groups in total. The molecule has 0 bridgehead atoms. The first kappa shape index (κ1) is 19.8. The largest absolute Gasteiger partial charge is 0.350 e. The van der Waals surface area contributed by atoms with Crippen molar-refractivity contribution in [2.45, 2.75) is 6.04 Å². The van der Waals surface area contributed by atoms with E-state index in [1.54, 1.807) is 0 Å². The maximum atomic E-state index is 13.1. The molecule has 31 heavy (non-hydrogen) atoms. The lowest BCUT2D eigenvalue weighted by Gasteiger charge is -2.26. The lowest BCUT2D eigenvalue weighted by atomic mass is 9.98. The van der Waals surface area contributed by atoms with Gasteiger partial charge in [-0.3, -0.25) is 9.59 Å². The van der Waals surface area contributed by atoms with Gasteiger partial charge in [0.15, 0.2) is 0 Å². The molecule has 5 rings (SSSR count). The highest BCUT2D eigenvalue weighted by atomic mass is 35.5. The molecule has 0 saturated heterocycles. The Morgan fingerprint density at radius 2 is 1.68 bits per heavy atom. The Bertz CT molecular complexity index is 1290. The third-order valence-electron chi connectivity index (χ3n) is 5.55. The average Bonchev–Trinajstić information content (AvgIpc) is 3.29. The summed E-state index contributed by atoms with van der Waals surface area (Å²) in [6, 6.07) is 25.2. The van der Waals surface area contributed by atoms with Crippen LogP contribution in [0.15, 0.2) is 78.9 Å². The third-order valence-corrected chi connectivity index (χ3v) is 7.23. The van der Waals surface area contributed by atoms with Gasteiger partial charge in [0.1, 0.15) is 4.88 Å². The van der Waals surface area contributed by atoms with Crippen LogP contribution < -0.4 is 5.32 Å². The van der Waals surface area contributed by atoms with Crippen molar-refractivity contribution in [2.75, 3.05) is 13.1 Å². The Morgan fingerprint density at radius 3 is 2.48 bits per heavy atom. The lowest BCUT2D eigenvalue weighted by Crippen LogP contribution is -2.37. The molecular formula is C25H19ClN2O2S. The molecule has 4 aromatic rings. The zero-order chi connectivity index (χ0) is 21.4. The average molecular weight is 447 g/mol. The van der Waals surface area contributed by atoms with Crippen molar-refractivity contribution in [1.29, 1.82) is 0 Å². The molecule has 0 spiro atoms. The predicted molar refractivity (Wildman–Crippen MR) is 125 cm³/mol. The van der Waals surface area contributed by atoms with Gasteiger partial charge >= 0.3 is 0 Å². The van der Waals surface area contributed by atoms with Crippen molar-refractivity contribution in [3.63, 3.8) is 0 Å². The van der Waals surface area contributed by atoms with Crippen molar-refractivity contribution in [3.05, 3.63) is 105 Å². The number of benzene rings is 3. The number of amides is 2. The molecule has 1 unspecified atom stereocenters. The zero-order valence-electron chi connectivity index (χ0n) is 16.5. The first-order valence-corrected chi connectivity index (χ1v) is 11.2. The van der Waals surface area contributed by atoms with Gasteiger partial charge < -0.3 is 10.2 Å². The van der Waals surface area contributed by atoms with E-state index in [0.717, 1.165) is 26.8 Å². The number of fused-ring (bicyclic) bond motifs is 2. The highest BCUT2D eigenvalue weighted by molar-refractivity contribution is 7.21. The van der Waals surface area contributed by atoms with Crippen LogP contribution in [0.1, 0.15) is 37.2 Å². The maximum absolute atomic E-state index is 13.1. The molecule has 2 amide bonds. The monoisotopic (exact) mass is 446 g/mol. The second-order valence-electron chi connectivity index (χ2n) is 7.40. The summed E-state index contributed by atoms with van der Waals surface area (Å²) in [6.07, 6.45) is 0. The summed E-state index contributed by atoms with van der Waals surface area (Å²) in [4.78, 5) is 28.2. The Kier molecular flexibility index (Phi) is 5.22. The fourth-order valence-electron chi connectivity index (χ4n) is 4.13. The van der Waals surface area contributed by atoms with Crippen LogP contribution >= 0.6 is 22.9 Å². The minimum absolute atomic E-state index is 0.0152. The van der Waals surface area contributed by atoms with Gasteiger partial charge in [0.2, 0.25) is 0 Å². The van der Waals surface area contributed by atoms with Crippen molar-refractivity contribution in [2.24, 2.45) is 0 Å². The number of nitrogens with zero attached hydrogens (tertiary/aromatic N) is 1. The lowest BCUT2D eigenvalue weighted by molar-refractivity contribution is 0.0742. The molecule has 0 fully saturated rings. The van der Waals surface area contributed by atoms with Crippen LogP contribution in [0.3, 0.4) is 0 Å². The number of hydrogen-bond donors (Lipinski definition) is 1. The van der Waals surface area contributed by atoms with Crippen molar-refractivity contribution < 1.29 is 9.59 Å². The fourth-order valence-corrected chi connectivity index (χ4v) is 5.56. The van der Waals surface area contributed by atoms with E-state index in [1.807, 2.05) is 83.8 Å². The van der Waals surface area contributed by atoms with Crippen molar-refractivity contribution in [1.82, 2.24) is 10.2 Å². The van der Waals surface area contributed by atoms with E-state index in [-0.39, 0.29) is 17.9 Å². The van der Waals surface area contributed by atoms with E-state index in [4.69, 9.17) is 11.6 Å². The van der Waals surface area contributed by atoms with Crippen LogP contribution in [0.5, 0.6) is 0 Å². The van der Waals surface area contributed by atoms with E-state index in [0.29, 0.717) is 23.0 Å². The molecule has 0 aliphatic carbocycles. The highest BCUT2D eigenvalue weighted by Gasteiger charge is 2.37. The summed E-state index contributed by atoms with van der Waals surface area (Å²) in [7, 11) is 0. The van der Waals surface area contributed by atoms with Gasteiger partial charge in [-0.2, -0.15) is 0 Å². The first-order valence-electron chi connectivity index (χ1n) is 10.0. The van der Waals surface area contributed by atoms with Crippen molar-refractivity contribution >= 4 is 44.8 Å². The fraction of sp³-hybridized carbons (Fsp3) is 0.120. The number of carbonyl (C=O) groups excluding carboxylic acids is 2. The predicted octanol–water partition coefficient (Wildman–Crippen LogP) is 5.53. The molecule has 0 saturated carbocycles. The molecule has 1 aliphatic rings. The molecule has 2 heterocycles. The summed E-state index contributed by atoms with van der Waals surface area (Å²) < 4.78 is 0.979. The Hall–Kier alpha value is -3.15. The van der Waals surface area contributed by atoms with Crippen molar-refractivity contribution in [3.8, 4) is 0 Å². The van der Waals surface area contributed by atoms with E-state index >= 15 is 0 Å². The third kappa shape index (κ3) is 3.50. The summed E-state index contributed by atoms with van der Waals surface area (Å²) in [5.41, 5.74) is 2.77. The quantitative estimate of drug-likeness (QED) is 0.438. The number of halogens is 1. The number of carbonyl (C=O) groups is 2. The first-order chi connectivity index (χ1) is 15.1. The number of hydrogen-bond acceptors (Lipinski definition) is 3. The Labute approximate surface area is 189 Å². The molecule has 4 nitrogen and oxygen atoms in total. The van der Waals surface area contributed by atoms with Crippen LogP contribution in [-0.2, 0) is 0 Å². The topological polar surface area (TPSA) is 49.4 Å². The summed E-state index contributed by atoms with van der Waals surface area (Å²) in [6.45, 7) is 0.744. The molecule has 154 valence electrons. The van der Waals surface area contributed by atoms with Gasteiger partial charge in [-0.05, 0) is 23.3 Å². The van der Waals surface area contributed by atoms with Crippen LogP contribution in [-0.4, -0.2) is 29.8 Å². The standard InChI is InChI=1S/C25H19ClN2O2S/c26-21-19-12-6-7-13-20(19)31-23(21)24(29)27-14-15-28-22(16-8-2-1-3-9-16)17-10-4-5-11-18(17)25(28)30/h1-13,22H,14-15H2,(H,27,29).